The number of methoxy groups -OCH3 is 1. The van der Waals surface area contributed by atoms with Gasteiger partial charge in [0, 0.05) is 20.3 Å². The van der Waals surface area contributed by atoms with Gasteiger partial charge in [0.25, 0.3) is 0 Å². The maximum absolute atomic E-state index is 8.26. The Balaban J connectivity index is 0. The van der Waals surface area contributed by atoms with E-state index in [1.54, 1.807) is 7.11 Å². The van der Waals surface area contributed by atoms with Gasteiger partial charge in [-0.25, -0.2) is 0 Å². The van der Waals surface area contributed by atoms with Crippen molar-refractivity contribution in [1.82, 2.24) is 0 Å². The van der Waals surface area contributed by atoms with E-state index in [1.807, 2.05) is 13.8 Å². The molecule has 0 aliphatic rings. The molecule has 0 bridgehead atoms. The Morgan fingerprint density at radius 1 is 0.750 bits per heavy atom. The summed E-state index contributed by atoms with van der Waals surface area (Å²) in [6, 6.07) is 0. The van der Waals surface area contributed by atoms with Crippen LogP contribution in [0.1, 0.15) is 13.8 Å². The Kier molecular flexibility index (Phi) is 23.0. The van der Waals surface area contributed by atoms with Crippen molar-refractivity contribution in [2.75, 3.05) is 60.0 Å². The summed E-state index contributed by atoms with van der Waals surface area (Å²) in [7, 11) is 1.67. The van der Waals surface area contributed by atoms with Crippen molar-refractivity contribution >= 4 is 0 Å². The van der Waals surface area contributed by atoms with Crippen LogP contribution in [0, 0.1) is 0 Å². The van der Waals surface area contributed by atoms with Crippen LogP contribution in [0.4, 0.5) is 0 Å². The normalized spacial score (nSPS) is 9.75. The molecule has 0 amide bonds. The maximum Gasteiger partial charge on any atom is 0.0701 e. The summed E-state index contributed by atoms with van der Waals surface area (Å²) in [6.07, 6.45) is 0. The first kappa shape index (κ1) is 18.2. The van der Waals surface area contributed by atoms with Gasteiger partial charge in [-0.05, 0) is 13.8 Å². The average Bonchev–Trinajstić information content (AvgIpc) is 2.31. The molecule has 0 atom stereocenters. The largest absolute Gasteiger partial charge is 0.394 e. The second kappa shape index (κ2) is 20.2. The van der Waals surface area contributed by atoms with E-state index in [-0.39, 0.29) is 6.61 Å². The van der Waals surface area contributed by atoms with Gasteiger partial charge in [-0.3, -0.25) is 0 Å². The minimum Gasteiger partial charge on any atom is -0.394 e. The molecule has 0 unspecified atom stereocenters. The molecule has 100 valence electrons. The molecule has 0 aromatic carbocycles. The zero-order chi connectivity index (χ0) is 12.5. The zero-order valence-electron chi connectivity index (χ0n) is 10.7. The van der Waals surface area contributed by atoms with Crippen LogP contribution < -0.4 is 0 Å². The van der Waals surface area contributed by atoms with E-state index >= 15 is 0 Å². The third-order valence-corrected chi connectivity index (χ3v) is 1.45. The van der Waals surface area contributed by atoms with Gasteiger partial charge in [0.2, 0.25) is 0 Å². The topological polar surface area (TPSA) is 57.2 Å². The van der Waals surface area contributed by atoms with Gasteiger partial charge < -0.3 is 24.1 Å². The summed E-state index contributed by atoms with van der Waals surface area (Å²) < 4.78 is 19.6. The Labute approximate surface area is 98.6 Å². The fraction of sp³-hybridized carbons (Fsp3) is 1.00. The number of ether oxygens (including phenoxy) is 4. The molecule has 0 radical (unpaired) electrons. The first-order valence-electron chi connectivity index (χ1n) is 5.66. The predicted molar refractivity (Wildman–Crippen MR) is 62.8 cm³/mol. The molecule has 0 aliphatic carbocycles. The van der Waals surface area contributed by atoms with Crippen LogP contribution in [0.3, 0.4) is 0 Å². The summed E-state index contributed by atoms with van der Waals surface area (Å²) >= 11 is 0. The van der Waals surface area contributed by atoms with Crippen LogP contribution in [0.25, 0.3) is 0 Å². The summed E-state index contributed by atoms with van der Waals surface area (Å²) in [4.78, 5) is 0. The standard InChI is InChI=1S/C6H14O3.C5H12O2/c1-2-8-5-6-9-4-3-7;1-3-7-5-4-6-2/h7H,2-6H2,1H3;3-5H2,1-2H3. The Morgan fingerprint density at radius 3 is 1.69 bits per heavy atom. The lowest BCUT2D eigenvalue weighted by Gasteiger charge is -2.00. The third kappa shape index (κ3) is 23.5. The highest BCUT2D eigenvalue weighted by atomic mass is 16.5. The molecule has 0 fully saturated rings. The molecule has 5 nitrogen and oxygen atoms in total. The quantitative estimate of drug-likeness (QED) is 0.568. The first-order valence-corrected chi connectivity index (χ1v) is 5.66. The Bertz CT molecular complexity index is 90.4. The number of hydrogen-bond acceptors (Lipinski definition) is 5. The van der Waals surface area contributed by atoms with Gasteiger partial charge in [-0.15, -0.1) is 0 Å². The smallest absolute Gasteiger partial charge is 0.0701 e. The van der Waals surface area contributed by atoms with Crippen LogP contribution in [0.2, 0.25) is 0 Å². The van der Waals surface area contributed by atoms with Crippen LogP contribution in [-0.4, -0.2) is 65.1 Å². The molecule has 1 N–H and O–H groups in total. The Morgan fingerprint density at radius 2 is 1.25 bits per heavy atom. The van der Waals surface area contributed by atoms with E-state index in [0.717, 1.165) is 13.2 Å². The molecule has 0 heterocycles. The van der Waals surface area contributed by atoms with Crippen molar-refractivity contribution in [3.63, 3.8) is 0 Å². The zero-order valence-corrected chi connectivity index (χ0v) is 10.7. The molecule has 5 heteroatoms. The summed E-state index contributed by atoms with van der Waals surface area (Å²) in [5.74, 6) is 0. The lowest BCUT2D eigenvalue weighted by Crippen LogP contribution is -2.06. The highest BCUT2D eigenvalue weighted by molar-refractivity contribution is 4.28. The van der Waals surface area contributed by atoms with Gasteiger partial charge in [0.15, 0.2) is 0 Å². The average molecular weight is 238 g/mol. The van der Waals surface area contributed by atoms with Crippen molar-refractivity contribution in [2.24, 2.45) is 0 Å². The predicted octanol–water partition coefficient (Wildman–Crippen LogP) is 0.701. The lowest BCUT2D eigenvalue weighted by molar-refractivity contribution is 0.0370. The number of hydrogen-bond donors (Lipinski definition) is 1. The molecule has 16 heavy (non-hydrogen) atoms. The summed E-state index contributed by atoms with van der Waals surface area (Å²) in [5.41, 5.74) is 0. The van der Waals surface area contributed by atoms with E-state index in [9.17, 15) is 0 Å². The van der Waals surface area contributed by atoms with E-state index in [4.69, 9.17) is 24.1 Å². The van der Waals surface area contributed by atoms with E-state index in [2.05, 4.69) is 0 Å². The maximum atomic E-state index is 8.26. The minimum atomic E-state index is 0.0894. The van der Waals surface area contributed by atoms with E-state index < -0.39 is 0 Å². The first-order chi connectivity index (χ1) is 7.83. The monoisotopic (exact) mass is 238 g/mol. The fourth-order valence-electron chi connectivity index (χ4n) is 0.715. The van der Waals surface area contributed by atoms with Crippen LogP contribution in [-0.2, 0) is 18.9 Å². The van der Waals surface area contributed by atoms with Crippen molar-refractivity contribution < 1.29 is 24.1 Å². The Hall–Kier alpha value is -0.200. The molecule has 0 spiro atoms. The second-order valence-corrected chi connectivity index (χ2v) is 2.72. The highest BCUT2D eigenvalue weighted by Gasteiger charge is 1.84. The van der Waals surface area contributed by atoms with Gasteiger partial charge >= 0.3 is 0 Å². The second-order valence-electron chi connectivity index (χ2n) is 2.72. The summed E-state index contributed by atoms with van der Waals surface area (Å²) in [6.45, 7) is 8.53. The van der Waals surface area contributed by atoms with Crippen molar-refractivity contribution in [2.45, 2.75) is 13.8 Å². The molecular formula is C11H26O5. The van der Waals surface area contributed by atoms with Crippen molar-refractivity contribution in [3.8, 4) is 0 Å². The van der Waals surface area contributed by atoms with Crippen LogP contribution in [0.5, 0.6) is 0 Å². The number of aliphatic hydroxyl groups is 1. The number of aliphatic hydroxyl groups excluding tert-OH is 1. The molecule has 0 saturated carbocycles. The van der Waals surface area contributed by atoms with Crippen molar-refractivity contribution in [1.29, 1.82) is 0 Å². The third-order valence-electron chi connectivity index (χ3n) is 1.45. The highest BCUT2D eigenvalue weighted by Crippen LogP contribution is 1.76. The minimum absolute atomic E-state index is 0.0894. The van der Waals surface area contributed by atoms with Gasteiger partial charge in [0.05, 0.1) is 39.6 Å². The van der Waals surface area contributed by atoms with E-state index in [0.29, 0.717) is 33.0 Å². The fourth-order valence-corrected chi connectivity index (χ4v) is 0.715. The van der Waals surface area contributed by atoms with Crippen molar-refractivity contribution in [3.05, 3.63) is 0 Å². The van der Waals surface area contributed by atoms with Gasteiger partial charge in [-0.2, -0.15) is 0 Å². The molecule has 0 aromatic rings. The molecule has 0 aromatic heterocycles. The number of rotatable bonds is 10. The van der Waals surface area contributed by atoms with Gasteiger partial charge in [0.1, 0.15) is 0 Å². The molecular weight excluding hydrogens is 212 g/mol. The lowest BCUT2D eigenvalue weighted by atomic mass is 10.7. The van der Waals surface area contributed by atoms with E-state index in [1.165, 1.54) is 0 Å². The SMILES string of the molecule is CCOCCOC.CCOCCOCCO. The van der Waals surface area contributed by atoms with Crippen LogP contribution in [0.15, 0.2) is 0 Å². The molecule has 0 saturated heterocycles. The van der Waals surface area contributed by atoms with Gasteiger partial charge in [-0.1, -0.05) is 0 Å². The molecule has 0 rings (SSSR count). The summed E-state index contributed by atoms with van der Waals surface area (Å²) in [5, 5.41) is 8.26. The van der Waals surface area contributed by atoms with Crippen LogP contribution >= 0.6 is 0 Å². The molecule has 0 aliphatic heterocycles.